The lowest BCUT2D eigenvalue weighted by atomic mass is 10.2. The Balaban J connectivity index is 1.51. The zero-order chi connectivity index (χ0) is 16.2. The van der Waals surface area contributed by atoms with Gasteiger partial charge < -0.3 is 15.0 Å². The van der Waals surface area contributed by atoms with Crippen LogP contribution in [0.5, 0.6) is 0 Å². The van der Waals surface area contributed by atoms with E-state index in [1.165, 1.54) is 29.9 Å². The maximum Gasteiger partial charge on any atom is 0.108 e. The molecule has 6 heteroatoms. The van der Waals surface area contributed by atoms with Crippen LogP contribution in [0.3, 0.4) is 0 Å². The Morgan fingerprint density at radius 1 is 1.30 bits per heavy atom. The molecule has 0 bridgehead atoms. The molecule has 3 heterocycles. The summed E-state index contributed by atoms with van der Waals surface area (Å²) >= 11 is 0. The zero-order valence-electron chi connectivity index (χ0n) is 14.2. The molecule has 2 aromatic rings. The van der Waals surface area contributed by atoms with E-state index in [0.717, 1.165) is 43.9 Å². The third kappa shape index (κ3) is 3.64. The average Bonchev–Trinajstić information content (AvgIpc) is 3.06. The van der Waals surface area contributed by atoms with E-state index in [-0.39, 0.29) is 6.61 Å². The number of rotatable bonds is 7. The quantitative estimate of drug-likeness (QED) is 0.757. The molecule has 1 aliphatic rings. The summed E-state index contributed by atoms with van der Waals surface area (Å²) in [4.78, 5) is 4.74. The van der Waals surface area contributed by atoms with E-state index in [0.29, 0.717) is 6.54 Å². The van der Waals surface area contributed by atoms with E-state index in [1.807, 2.05) is 11.6 Å². The number of fused-ring (bicyclic) bond motifs is 1. The summed E-state index contributed by atoms with van der Waals surface area (Å²) in [6.07, 6.45) is 6.84. The first-order valence-electron chi connectivity index (χ1n) is 8.58. The molecular formula is C17H27N5O. The molecule has 0 radical (unpaired) electrons. The fourth-order valence-corrected chi connectivity index (χ4v) is 3.32. The van der Waals surface area contributed by atoms with E-state index in [4.69, 9.17) is 10.1 Å². The minimum Gasteiger partial charge on any atom is -0.394 e. The third-order valence-electron chi connectivity index (χ3n) is 4.66. The molecule has 2 aromatic heterocycles. The summed E-state index contributed by atoms with van der Waals surface area (Å²) in [5.41, 5.74) is 4.61. The highest BCUT2D eigenvalue weighted by molar-refractivity contribution is 5.24. The minimum absolute atomic E-state index is 0.125. The molecule has 0 atom stereocenters. The Bertz CT molecular complexity index is 635. The van der Waals surface area contributed by atoms with Crippen molar-refractivity contribution in [3.8, 4) is 0 Å². The van der Waals surface area contributed by atoms with Crippen LogP contribution in [0.4, 0.5) is 0 Å². The number of hydrogen-bond donors (Lipinski definition) is 2. The van der Waals surface area contributed by atoms with Gasteiger partial charge in [0, 0.05) is 49.9 Å². The first-order chi connectivity index (χ1) is 11.2. The molecule has 0 fully saturated rings. The summed E-state index contributed by atoms with van der Waals surface area (Å²) in [6.45, 7) is 7.64. The van der Waals surface area contributed by atoms with Crippen LogP contribution in [0, 0.1) is 13.8 Å². The Morgan fingerprint density at radius 3 is 2.96 bits per heavy atom. The fraction of sp³-hybridized carbons (Fsp3) is 0.647. The predicted octanol–water partition coefficient (Wildman–Crippen LogP) is 1.36. The molecule has 6 nitrogen and oxygen atoms in total. The molecule has 3 rings (SSSR count). The van der Waals surface area contributed by atoms with Gasteiger partial charge in [-0.1, -0.05) is 0 Å². The van der Waals surface area contributed by atoms with Gasteiger partial charge in [0.2, 0.25) is 0 Å². The SMILES string of the molecule is Cc1nn(CCO)c(C)c1CNCCc1cn2c(n1)CCCC2. The molecule has 23 heavy (non-hydrogen) atoms. The van der Waals surface area contributed by atoms with Crippen molar-refractivity contribution in [2.45, 2.75) is 59.2 Å². The van der Waals surface area contributed by atoms with Crippen molar-refractivity contribution >= 4 is 0 Å². The van der Waals surface area contributed by atoms with Crippen molar-refractivity contribution in [2.75, 3.05) is 13.2 Å². The first-order valence-corrected chi connectivity index (χ1v) is 8.58. The lowest BCUT2D eigenvalue weighted by molar-refractivity contribution is 0.267. The smallest absolute Gasteiger partial charge is 0.108 e. The lowest BCUT2D eigenvalue weighted by Crippen LogP contribution is -2.18. The summed E-state index contributed by atoms with van der Waals surface area (Å²) in [6, 6.07) is 0. The van der Waals surface area contributed by atoms with Gasteiger partial charge in [0.25, 0.3) is 0 Å². The molecule has 0 amide bonds. The van der Waals surface area contributed by atoms with Crippen molar-refractivity contribution in [1.82, 2.24) is 24.6 Å². The predicted molar refractivity (Wildman–Crippen MR) is 89.4 cm³/mol. The molecule has 0 saturated carbocycles. The van der Waals surface area contributed by atoms with Crippen molar-refractivity contribution in [1.29, 1.82) is 0 Å². The molecule has 0 aromatic carbocycles. The highest BCUT2D eigenvalue weighted by Gasteiger charge is 2.13. The minimum atomic E-state index is 0.125. The summed E-state index contributed by atoms with van der Waals surface area (Å²) in [7, 11) is 0. The van der Waals surface area contributed by atoms with Crippen LogP contribution in [0.1, 0.15) is 41.3 Å². The van der Waals surface area contributed by atoms with Gasteiger partial charge in [-0.25, -0.2) is 4.98 Å². The van der Waals surface area contributed by atoms with Gasteiger partial charge in [0.05, 0.1) is 24.5 Å². The number of aliphatic hydroxyl groups excluding tert-OH is 1. The van der Waals surface area contributed by atoms with E-state index in [2.05, 4.69) is 28.1 Å². The second-order valence-corrected chi connectivity index (χ2v) is 6.32. The number of hydrogen-bond acceptors (Lipinski definition) is 4. The topological polar surface area (TPSA) is 67.9 Å². The fourth-order valence-electron chi connectivity index (χ4n) is 3.32. The second-order valence-electron chi connectivity index (χ2n) is 6.32. The lowest BCUT2D eigenvalue weighted by Gasteiger charge is -2.11. The first kappa shape index (κ1) is 16.2. The Hall–Kier alpha value is -1.66. The van der Waals surface area contributed by atoms with Gasteiger partial charge in [0.15, 0.2) is 0 Å². The molecule has 0 spiro atoms. The van der Waals surface area contributed by atoms with Gasteiger partial charge in [0.1, 0.15) is 5.82 Å². The van der Waals surface area contributed by atoms with Crippen LogP contribution < -0.4 is 5.32 Å². The Labute approximate surface area is 137 Å². The molecule has 1 aliphatic heterocycles. The molecule has 2 N–H and O–H groups in total. The highest BCUT2D eigenvalue weighted by atomic mass is 16.3. The molecule has 0 unspecified atom stereocenters. The number of imidazole rings is 1. The Morgan fingerprint density at radius 2 is 2.17 bits per heavy atom. The van der Waals surface area contributed by atoms with Crippen molar-refractivity contribution in [2.24, 2.45) is 0 Å². The van der Waals surface area contributed by atoms with Crippen LogP contribution in [0.25, 0.3) is 0 Å². The second kappa shape index (κ2) is 7.27. The largest absolute Gasteiger partial charge is 0.394 e. The van der Waals surface area contributed by atoms with Crippen LogP contribution in [0.15, 0.2) is 6.20 Å². The molecule has 0 saturated heterocycles. The highest BCUT2D eigenvalue weighted by Crippen LogP contribution is 2.15. The van der Waals surface area contributed by atoms with Crippen LogP contribution in [-0.2, 0) is 32.5 Å². The van der Waals surface area contributed by atoms with Gasteiger partial charge >= 0.3 is 0 Å². The van der Waals surface area contributed by atoms with Crippen LogP contribution >= 0.6 is 0 Å². The summed E-state index contributed by atoms with van der Waals surface area (Å²) < 4.78 is 4.20. The van der Waals surface area contributed by atoms with E-state index < -0.39 is 0 Å². The van der Waals surface area contributed by atoms with Crippen LogP contribution in [0.2, 0.25) is 0 Å². The molecule has 0 aliphatic carbocycles. The third-order valence-corrected chi connectivity index (χ3v) is 4.66. The van der Waals surface area contributed by atoms with Crippen molar-refractivity contribution in [3.63, 3.8) is 0 Å². The number of nitrogens with one attached hydrogen (secondary N) is 1. The number of aliphatic hydroxyl groups is 1. The maximum atomic E-state index is 9.07. The number of aromatic nitrogens is 4. The van der Waals surface area contributed by atoms with Gasteiger partial charge in [-0.15, -0.1) is 0 Å². The normalized spacial score (nSPS) is 14.2. The number of aryl methyl sites for hydroxylation is 3. The Kier molecular flexibility index (Phi) is 5.13. The van der Waals surface area contributed by atoms with Gasteiger partial charge in [-0.05, 0) is 26.7 Å². The molecular weight excluding hydrogens is 290 g/mol. The van der Waals surface area contributed by atoms with Crippen molar-refractivity contribution in [3.05, 3.63) is 34.7 Å². The zero-order valence-corrected chi connectivity index (χ0v) is 14.2. The number of nitrogens with zero attached hydrogens (tertiary/aromatic N) is 4. The van der Waals surface area contributed by atoms with E-state index in [9.17, 15) is 0 Å². The average molecular weight is 317 g/mol. The molecule has 126 valence electrons. The van der Waals surface area contributed by atoms with E-state index in [1.54, 1.807) is 0 Å². The van der Waals surface area contributed by atoms with E-state index >= 15 is 0 Å². The maximum absolute atomic E-state index is 9.07. The summed E-state index contributed by atoms with van der Waals surface area (Å²) in [5, 5.41) is 17.1. The van der Waals surface area contributed by atoms with Crippen molar-refractivity contribution < 1.29 is 5.11 Å². The van der Waals surface area contributed by atoms with Gasteiger partial charge in [-0.3, -0.25) is 4.68 Å². The monoisotopic (exact) mass is 317 g/mol. The standard InChI is InChI=1S/C17H27N5O/c1-13-16(14(2)22(20-13)9-10-23)11-18-7-6-15-12-21-8-4-3-5-17(21)19-15/h12,18,23H,3-11H2,1-2H3. The van der Waals surface area contributed by atoms with Crippen LogP contribution in [-0.4, -0.2) is 37.6 Å². The summed E-state index contributed by atoms with van der Waals surface area (Å²) in [5.74, 6) is 1.25. The van der Waals surface area contributed by atoms with Gasteiger partial charge in [-0.2, -0.15) is 5.10 Å².